The van der Waals surface area contributed by atoms with Crippen LogP contribution < -0.4 is 10.6 Å². The van der Waals surface area contributed by atoms with Crippen LogP contribution in [-0.4, -0.2) is 16.3 Å². The molecule has 2 atom stereocenters. The summed E-state index contributed by atoms with van der Waals surface area (Å²) in [6, 6.07) is 14.3. The van der Waals surface area contributed by atoms with E-state index in [0.29, 0.717) is 20.8 Å². The molecule has 0 aliphatic heterocycles. The summed E-state index contributed by atoms with van der Waals surface area (Å²) in [6.45, 7) is 1.86. The van der Waals surface area contributed by atoms with Gasteiger partial charge in [0.05, 0.1) is 22.9 Å². The van der Waals surface area contributed by atoms with Crippen molar-refractivity contribution in [2.45, 2.75) is 19.1 Å². The van der Waals surface area contributed by atoms with Crippen molar-refractivity contribution >= 4 is 46.2 Å². The van der Waals surface area contributed by atoms with E-state index in [1.54, 1.807) is 18.2 Å². The molecule has 0 saturated heterocycles. The molecular formula is C16H16Cl2N2OS. The molecule has 0 amide bonds. The van der Waals surface area contributed by atoms with Crippen molar-refractivity contribution in [3.63, 3.8) is 0 Å². The standard InChI is InChI=1S/C16H16Cl2N2OS/c1-10(15(21)11-5-3-2-4-6-11)19-16(22)20-14-8-7-12(17)9-13(14)18/h2-10,15,21H,1H3,(H2,19,20,22)/t10-,15-/m1/s1. The SMILES string of the molecule is C[C@@H](NC(=S)Nc1ccc(Cl)cc1Cl)[C@@H](O)c1ccccc1. The van der Waals surface area contributed by atoms with Crippen LogP contribution in [-0.2, 0) is 0 Å². The number of halogens is 2. The highest BCUT2D eigenvalue weighted by atomic mass is 35.5. The lowest BCUT2D eigenvalue weighted by Crippen LogP contribution is -2.39. The molecule has 0 spiro atoms. The Balaban J connectivity index is 1.96. The lowest BCUT2D eigenvalue weighted by atomic mass is 10.0. The lowest BCUT2D eigenvalue weighted by Gasteiger charge is -2.22. The second-order valence-electron chi connectivity index (χ2n) is 4.87. The molecule has 0 unspecified atom stereocenters. The van der Waals surface area contributed by atoms with Crippen LogP contribution in [0.4, 0.5) is 5.69 Å². The van der Waals surface area contributed by atoms with Crippen molar-refractivity contribution in [1.82, 2.24) is 5.32 Å². The van der Waals surface area contributed by atoms with Gasteiger partial charge in [-0.3, -0.25) is 0 Å². The second kappa shape index (κ2) is 7.79. The molecule has 0 aliphatic rings. The van der Waals surface area contributed by atoms with E-state index in [9.17, 15) is 5.11 Å². The fourth-order valence-corrected chi connectivity index (χ4v) is 2.73. The van der Waals surface area contributed by atoms with Crippen LogP contribution in [0.15, 0.2) is 48.5 Å². The Kier molecular flexibility index (Phi) is 6.03. The molecule has 0 aromatic heterocycles. The summed E-state index contributed by atoms with van der Waals surface area (Å²) >= 11 is 17.2. The normalized spacial score (nSPS) is 13.3. The van der Waals surface area contributed by atoms with E-state index in [1.165, 1.54) is 0 Å². The highest BCUT2D eigenvalue weighted by Crippen LogP contribution is 2.25. The van der Waals surface area contributed by atoms with Crippen molar-refractivity contribution in [2.75, 3.05) is 5.32 Å². The number of thiocarbonyl (C=S) groups is 1. The lowest BCUT2D eigenvalue weighted by molar-refractivity contribution is 0.145. The fraction of sp³-hybridized carbons (Fsp3) is 0.188. The second-order valence-corrected chi connectivity index (χ2v) is 6.12. The molecule has 22 heavy (non-hydrogen) atoms. The number of nitrogens with one attached hydrogen (secondary N) is 2. The van der Waals surface area contributed by atoms with E-state index in [1.807, 2.05) is 37.3 Å². The Bertz CT molecular complexity index is 652. The van der Waals surface area contributed by atoms with Gasteiger partial charge in [-0.1, -0.05) is 53.5 Å². The minimum atomic E-state index is -0.665. The molecule has 0 heterocycles. The van der Waals surface area contributed by atoms with Gasteiger partial charge in [-0.05, 0) is 42.9 Å². The van der Waals surface area contributed by atoms with Crippen LogP contribution in [0.2, 0.25) is 10.0 Å². The maximum absolute atomic E-state index is 10.3. The van der Waals surface area contributed by atoms with Gasteiger partial charge in [-0.15, -0.1) is 0 Å². The topological polar surface area (TPSA) is 44.3 Å². The molecule has 3 nitrogen and oxygen atoms in total. The Hall–Kier alpha value is -1.33. The largest absolute Gasteiger partial charge is 0.386 e. The van der Waals surface area contributed by atoms with Crippen LogP contribution in [0.3, 0.4) is 0 Å². The third-order valence-corrected chi connectivity index (χ3v) is 3.92. The highest BCUT2D eigenvalue weighted by Gasteiger charge is 2.17. The van der Waals surface area contributed by atoms with Crippen molar-refractivity contribution in [1.29, 1.82) is 0 Å². The minimum absolute atomic E-state index is 0.256. The van der Waals surface area contributed by atoms with E-state index in [-0.39, 0.29) is 6.04 Å². The molecular weight excluding hydrogens is 339 g/mol. The molecule has 0 radical (unpaired) electrons. The summed E-state index contributed by atoms with van der Waals surface area (Å²) in [5.41, 5.74) is 1.49. The number of aliphatic hydroxyl groups excluding tert-OH is 1. The maximum Gasteiger partial charge on any atom is 0.171 e. The van der Waals surface area contributed by atoms with E-state index >= 15 is 0 Å². The van der Waals surface area contributed by atoms with Gasteiger partial charge >= 0.3 is 0 Å². The van der Waals surface area contributed by atoms with E-state index < -0.39 is 6.10 Å². The minimum Gasteiger partial charge on any atom is -0.386 e. The molecule has 0 fully saturated rings. The van der Waals surface area contributed by atoms with Crippen molar-refractivity contribution < 1.29 is 5.11 Å². The van der Waals surface area contributed by atoms with Crippen LogP contribution in [0.5, 0.6) is 0 Å². The van der Waals surface area contributed by atoms with Crippen molar-refractivity contribution in [2.24, 2.45) is 0 Å². The van der Waals surface area contributed by atoms with Crippen LogP contribution in [0.1, 0.15) is 18.6 Å². The van der Waals surface area contributed by atoms with Crippen molar-refractivity contribution in [3.05, 3.63) is 64.1 Å². The molecule has 2 aromatic rings. The quantitative estimate of drug-likeness (QED) is 0.712. The van der Waals surface area contributed by atoms with E-state index in [0.717, 1.165) is 5.56 Å². The molecule has 0 saturated carbocycles. The number of hydrogen-bond acceptors (Lipinski definition) is 2. The van der Waals surface area contributed by atoms with Crippen LogP contribution >= 0.6 is 35.4 Å². The third kappa shape index (κ3) is 4.58. The van der Waals surface area contributed by atoms with Gasteiger partial charge in [0.15, 0.2) is 5.11 Å². The van der Waals surface area contributed by atoms with Crippen LogP contribution in [0, 0.1) is 0 Å². The van der Waals surface area contributed by atoms with Gasteiger partial charge in [-0.25, -0.2) is 0 Å². The first kappa shape index (κ1) is 17.0. The number of anilines is 1. The first-order valence-corrected chi connectivity index (χ1v) is 7.89. The molecule has 6 heteroatoms. The Morgan fingerprint density at radius 2 is 1.82 bits per heavy atom. The Labute approximate surface area is 145 Å². The first-order valence-electron chi connectivity index (χ1n) is 6.73. The number of aliphatic hydroxyl groups is 1. The molecule has 2 aromatic carbocycles. The average molecular weight is 355 g/mol. The molecule has 3 N–H and O–H groups in total. The third-order valence-electron chi connectivity index (χ3n) is 3.15. The van der Waals surface area contributed by atoms with Crippen molar-refractivity contribution in [3.8, 4) is 0 Å². The summed E-state index contributed by atoms with van der Waals surface area (Å²) in [5, 5.41) is 17.8. The van der Waals surface area contributed by atoms with E-state index in [4.69, 9.17) is 35.4 Å². The predicted molar refractivity (Wildman–Crippen MR) is 96.7 cm³/mol. The van der Waals surface area contributed by atoms with E-state index in [2.05, 4.69) is 10.6 Å². The molecule has 2 rings (SSSR count). The summed E-state index contributed by atoms with van der Waals surface area (Å²) in [6.07, 6.45) is -0.665. The van der Waals surface area contributed by atoms with Gasteiger partial charge in [0.1, 0.15) is 0 Å². The highest BCUT2D eigenvalue weighted by molar-refractivity contribution is 7.80. The molecule has 0 aliphatic carbocycles. The number of hydrogen-bond donors (Lipinski definition) is 3. The molecule has 0 bridgehead atoms. The molecule has 116 valence electrons. The average Bonchev–Trinajstić information content (AvgIpc) is 2.50. The van der Waals surface area contributed by atoms with Gasteiger partial charge in [0, 0.05) is 5.02 Å². The zero-order valence-electron chi connectivity index (χ0n) is 11.9. The van der Waals surface area contributed by atoms with Crippen LogP contribution in [0.25, 0.3) is 0 Å². The van der Waals surface area contributed by atoms with Gasteiger partial charge < -0.3 is 15.7 Å². The summed E-state index contributed by atoms with van der Waals surface area (Å²) in [7, 11) is 0. The van der Waals surface area contributed by atoms with Gasteiger partial charge in [0.2, 0.25) is 0 Å². The monoisotopic (exact) mass is 354 g/mol. The summed E-state index contributed by atoms with van der Waals surface area (Å²) in [5.74, 6) is 0. The number of benzene rings is 2. The Morgan fingerprint density at radius 3 is 2.45 bits per heavy atom. The number of rotatable bonds is 4. The summed E-state index contributed by atoms with van der Waals surface area (Å²) < 4.78 is 0. The zero-order valence-corrected chi connectivity index (χ0v) is 14.2. The predicted octanol–water partition coefficient (Wildman–Crippen LogP) is 4.40. The fourth-order valence-electron chi connectivity index (χ4n) is 1.97. The first-order chi connectivity index (χ1) is 10.5. The zero-order chi connectivity index (χ0) is 16.1. The van der Waals surface area contributed by atoms with Gasteiger partial charge in [0.25, 0.3) is 0 Å². The summed E-state index contributed by atoms with van der Waals surface area (Å²) in [4.78, 5) is 0. The van der Waals surface area contributed by atoms with Gasteiger partial charge in [-0.2, -0.15) is 0 Å². The maximum atomic E-state index is 10.3. The Morgan fingerprint density at radius 1 is 1.14 bits per heavy atom. The smallest absolute Gasteiger partial charge is 0.171 e.